The van der Waals surface area contributed by atoms with Crippen LogP contribution in [0.3, 0.4) is 0 Å². The van der Waals surface area contributed by atoms with Gasteiger partial charge in [-0.25, -0.2) is 9.97 Å². The first kappa shape index (κ1) is 15.3. The molecule has 120 valence electrons. The second-order valence-corrected chi connectivity index (χ2v) is 5.25. The Morgan fingerprint density at radius 2 is 2.09 bits per heavy atom. The summed E-state index contributed by atoms with van der Waals surface area (Å²) in [5.74, 6) is 1.11. The van der Waals surface area contributed by atoms with Crippen molar-refractivity contribution in [3.8, 4) is 11.8 Å². The van der Waals surface area contributed by atoms with E-state index in [0.29, 0.717) is 37.0 Å². The predicted molar refractivity (Wildman–Crippen MR) is 84.6 cm³/mol. The van der Waals surface area contributed by atoms with Gasteiger partial charge in [0.1, 0.15) is 0 Å². The van der Waals surface area contributed by atoms with E-state index in [1.54, 1.807) is 25.4 Å². The first-order valence-corrected chi connectivity index (χ1v) is 7.62. The Morgan fingerprint density at radius 3 is 2.78 bits per heavy atom. The molecule has 0 aliphatic carbocycles. The summed E-state index contributed by atoms with van der Waals surface area (Å²) in [5.41, 5.74) is 2.63. The van der Waals surface area contributed by atoms with E-state index in [1.807, 2.05) is 24.0 Å². The van der Waals surface area contributed by atoms with Gasteiger partial charge in [0, 0.05) is 37.8 Å². The molecular weight excluding hydrogens is 294 g/mol. The van der Waals surface area contributed by atoms with Gasteiger partial charge in [-0.2, -0.15) is 0 Å². The number of aromatic nitrogens is 2. The standard InChI is InChI=1S/C17H19N3O3/c1-3-23-16-7-5-13-11-20(9-8-14(13)19-16)17(21)12-4-6-15(22-2)18-10-12/h4-7,10H,3,8-9,11H2,1-2H3. The molecule has 3 heterocycles. The zero-order valence-electron chi connectivity index (χ0n) is 13.3. The van der Waals surface area contributed by atoms with Gasteiger partial charge < -0.3 is 14.4 Å². The van der Waals surface area contributed by atoms with E-state index in [-0.39, 0.29) is 5.91 Å². The van der Waals surface area contributed by atoms with E-state index in [4.69, 9.17) is 9.47 Å². The van der Waals surface area contributed by atoms with Crippen LogP contribution in [0.15, 0.2) is 30.5 Å². The molecule has 0 fully saturated rings. The average Bonchev–Trinajstić information content (AvgIpc) is 2.61. The molecule has 1 amide bonds. The summed E-state index contributed by atoms with van der Waals surface area (Å²) in [6, 6.07) is 7.27. The summed E-state index contributed by atoms with van der Waals surface area (Å²) in [6.07, 6.45) is 2.28. The van der Waals surface area contributed by atoms with Gasteiger partial charge >= 0.3 is 0 Å². The normalized spacial score (nSPS) is 13.4. The number of hydrogen-bond acceptors (Lipinski definition) is 5. The molecule has 0 aromatic carbocycles. The van der Waals surface area contributed by atoms with Crippen LogP contribution in [0, 0.1) is 0 Å². The van der Waals surface area contributed by atoms with E-state index in [1.165, 1.54) is 0 Å². The maximum Gasteiger partial charge on any atom is 0.255 e. The molecule has 2 aromatic heterocycles. The molecule has 0 atom stereocenters. The largest absolute Gasteiger partial charge is 0.481 e. The molecule has 0 saturated heterocycles. The van der Waals surface area contributed by atoms with E-state index in [2.05, 4.69) is 9.97 Å². The monoisotopic (exact) mass is 313 g/mol. The third kappa shape index (κ3) is 3.26. The summed E-state index contributed by atoms with van der Waals surface area (Å²) in [6.45, 7) is 3.73. The van der Waals surface area contributed by atoms with Crippen LogP contribution in [0.25, 0.3) is 0 Å². The summed E-state index contributed by atoms with van der Waals surface area (Å²) in [5, 5.41) is 0. The topological polar surface area (TPSA) is 64.5 Å². The first-order chi connectivity index (χ1) is 11.2. The van der Waals surface area contributed by atoms with E-state index in [0.717, 1.165) is 17.7 Å². The summed E-state index contributed by atoms with van der Waals surface area (Å²) in [7, 11) is 1.55. The fourth-order valence-corrected chi connectivity index (χ4v) is 2.61. The van der Waals surface area contributed by atoms with Gasteiger partial charge in [0.05, 0.1) is 25.0 Å². The number of hydrogen-bond donors (Lipinski definition) is 0. The van der Waals surface area contributed by atoms with Crippen LogP contribution >= 0.6 is 0 Å². The fraction of sp³-hybridized carbons (Fsp3) is 0.353. The Balaban J connectivity index is 1.74. The SMILES string of the molecule is CCOc1ccc2c(n1)CCN(C(=O)c1ccc(OC)nc1)C2. The predicted octanol–water partition coefficient (Wildman–Crippen LogP) is 2.08. The zero-order chi connectivity index (χ0) is 16.2. The number of fused-ring (bicyclic) bond motifs is 1. The molecular formula is C17H19N3O3. The van der Waals surface area contributed by atoms with Gasteiger partial charge in [-0.1, -0.05) is 6.07 Å². The molecule has 6 nitrogen and oxygen atoms in total. The van der Waals surface area contributed by atoms with Crippen molar-refractivity contribution in [3.05, 3.63) is 47.3 Å². The highest BCUT2D eigenvalue weighted by Crippen LogP contribution is 2.22. The molecule has 0 radical (unpaired) electrons. The molecule has 6 heteroatoms. The molecule has 1 aliphatic heterocycles. The van der Waals surface area contributed by atoms with E-state index in [9.17, 15) is 4.79 Å². The molecule has 3 rings (SSSR count). The molecule has 0 N–H and O–H groups in total. The van der Waals surface area contributed by atoms with Gasteiger partial charge in [-0.05, 0) is 18.6 Å². The van der Waals surface area contributed by atoms with Crippen LogP contribution in [-0.2, 0) is 13.0 Å². The highest BCUT2D eigenvalue weighted by Gasteiger charge is 2.23. The first-order valence-electron chi connectivity index (χ1n) is 7.62. The van der Waals surface area contributed by atoms with E-state index >= 15 is 0 Å². The lowest BCUT2D eigenvalue weighted by atomic mass is 10.0. The molecule has 1 aliphatic rings. The molecule has 2 aromatic rings. The second kappa shape index (κ2) is 6.64. The van der Waals surface area contributed by atoms with Crippen molar-refractivity contribution in [3.63, 3.8) is 0 Å². The highest BCUT2D eigenvalue weighted by atomic mass is 16.5. The van der Waals surface area contributed by atoms with Crippen molar-refractivity contribution >= 4 is 5.91 Å². The van der Waals surface area contributed by atoms with Crippen molar-refractivity contribution in [2.24, 2.45) is 0 Å². The number of rotatable bonds is 4. The summed E-state index contributed by atoms with van der Waals surface area (Å²) in [4.78, 5) is 23.0. The molecule has 23 heavy (non-hydrogen) atoms. The zero-order valence-corrected chi connectivity index (χ0v) is 13.3. The maximum atomic E-state index is 12.6. The van der Waals surface area contributed by atoms with Gasteiger partial charge in [0.2, 0.25) is 11.8 Å². The van der Waals surface area contributed by atoms with Gasteiger partial charge in [-0.15, -0.1) is 0 Å². The molecule has 0 spiro atoms. The van der Waals surface area contributed by atoms with Crippen molar-refractivity contribution in [2.75, 3.05) is 20.3 Å². The van der Waals surface area contributed by atoms with Crippen molar-refractivity contribution < 1.29 is 14.3 Å². The van der Waals surface area contributed by atoms with Crippen molar-refractivity contribution in [1.82, 2.24) is 14.9 Å². The number of methoxy groups -OCH3 is 1. The number of carbonyl (C=O) groups excluding carboxylic acids is 1. The van der Waals surface area contributed by atoms with Gasteiger partial charge in [-0.3, -0.25) is 4.79 Å². The van der Waals surface area contributed by atoms with Crippen LogP contribution in [0.1, 0.15) is 28.5 Å². The maximum absolute atomic E-state index is 12.6. The van der Waals surface area contributed by atoms with E-state index < -0.39 is 0 Å². The van der Waals surface area contributed by atoms with Crippen molar-refractivity contribution in [1.29, 1.82) is 0 Å². The lowest BCUT2D eigenvalue weighted by Gasteiger charge is -2.28. The smallest absolute Gasteiger partial charge is 0.255 e. The van der Waals surface area contributed by atoms with Crippen molar-refractivity contribution in [2.45, 2.75) is 19.9 Å². The van der Waals surface area contributed by atoms with Crippen LogP contribution in [0.2, 0.25) is 0 Å². The Morgan fingerprint density at radius 1 is 1.26 bits per heavy atom. The minimum atomic E-state index is -0.0281. The molecule has 0 bridgehead atoms. The van der Waals surface area contributed by atoms with Crippen LogP contribution in [0.4, 0.5) is 0 Å². The quantitative estimate of drug-likeness (QED) is 0.864. The van der Waals surface area contributed by atoms with Gasteiger partial charge in [0.15, 0.2) is 0 Å². The molecule has 0 unspecified atom stereocenters. The minimum Gasteiger partial charge on any atom is -0.481 e. The summed E-state index contributed by atoms with van der Waals surface area (Å²) < 4.78 is 10.4. The van der Waals surface area contributed by atoms with Gasteiger partial charge in [0.25, 0.3) is 5.91 Å². The lowest BCUT2D eigenvalue weighted by Crippen LogP contribution is -2.36. The fourth-order valence-electron chi connectivity index (χ4n) is 2.61. The number of pyridine rings is 2. The lowest BCUT2D eigenvalue weighted by molar-refractivity contribution is 0.0733. The van der Waals surface area contributed by atoms with Crippen LogP contribution in [0.5, 0.6) is 11.8 Å². The number of ether oxygens (including phenoxy) is 2. The average molecular weight is 313 g/mol. The number of nitrogens with zero attached hydrogens (tertiary/aromatic N) is 3. The van der Waals surface area contributed by atoms with Crippen LogP contribution < -0.4 is 9.47 Å². The Labute approximate surface area is 135 Å². The minimum absolute atomic E-state index is 0.0281. The third-order valence-corrected chi connectivity index (χ3v) is 3.79. The Hall–Kier alpha value is -2.63. The number of amides is 1. The summed E-state index contributed by atoms with van der Waals surface area (Å²) >= 11 is 0. The highest BCUT2D eigenvalue weighted by molar-refractivity contribution is 5.94. The third-order valence-electron chi connectivity index (χ3n) is 3.79. The Bertz CT molecular complexity index is 701. The van der Waals surface area contributed by atoms with Crippen LogP contribution in [-0.4, -0.2) is 41.0 Å². The number of carbonyl (C=O) groups is 1. The molecule has 0 saturated carbocycles. The second-order valence-electron chi connectivity index (χ2n) is 5.25. The Kier molecular flexibility index (Phi) is 4.41.